The van der Waals surface area contributed by atoms with Gasteiger partial charge in [-0.2, -0.15) is 0 Å². The van der Waals surface area contributed by atoms with Crippen molar-refractivity contribution in [2.75, 3.05) is 19.8 Å². The van der Waals surface area contributed by atoms with E-state index in [1.807, 2.05) is 18.2 Å². The van der Waals surface area contributed by atoms with Gasteiger partial charge in [0.2, 0.25) is 0 Å². The van der Waals surface area contributed by atoms with Crippen LogP contribution in [0.3, 0.4) is 0 Å². The number of benzene rings is 2. The molecule has 0 aromatic heterocycles. The Bertz CT molecular complexity index is 911. The lowest BCUT2D eigenvalue weighted by atomic mass is 9.77. The van der Waals surface area contributed by atoms with Crippen molar-refractivity contribution < 1.29 is 14.3 Å². The Hall–Kier alpha value is -2.53. The summed E-state index contributed by atoms with van der Waals surface area (Å²) in [7, 11) is 0. The molecule has 5 nitrogen and oxygen atoms in total. The zero-order chi connectivity index (χ0) is 19.1. The monoisotopic (exact) mass is 378 g/mol. The minimum Gasteiger partial charge on any atom is -0.493 e. The molecule has 1 unspecified atom stereocenters. The van der Waals surface area contributed by atoms with Gasteiger partial charge in [0, 0.05) is 30.5 Å². The topological polar surface area (TPSA) is 59.6 Å². The highest BCUT2D eigenvalue weighted by molar-refractivity contribution is 5.98. The Morgan fingerprint density at radius 1 is 1.18 bits per heavy atom. The van der Waals surface area contributed by atoms with Crippen LogP contribution in [0.15, 0.2) is 36.4 Å². The number of nitrogens with one attached hydrogen (secondary N) is 2. The van der Waals surface area contributed by atoms with Crippen molar-refractivity contribution in [3.63, 3.8) is 0 Å². The SMILES string of the molecule is C[C@H]1NCC[C@@H](c2ccc3c(c2)CCO3)C1COc1ccc2c(c1)C(=O)NC2. The second-order valence-corrected chi connectivity index (χ2v) is 8.08. The molecule has 3 aliphatic rings. The van der Waals surface area contributed by atoms with Crippen molar-refractivity contribution in [3.05, 3.63) is 58.7 Å². The van der Waals surface area contributed by atoms with Crippen molar-refractivity contribution in [1.82, 2.24) is 10.6 Å². The highest BCUT2D eigenvalue weighted by Crippen LogP contribution is 2.37. The highest BCUT2D eigenvalue weighted by Gasteiger charge is 2.33. The lowest BCUT2D eigenvalue weighted by Crippen LogP contribution is -2.45. The van der Waals surface area contributed by atoms with Gasteiger partial charge in [-0.1, -0.05) is 18.2 Å². The number of carbonyl (C=O) groups excluding carboxylic acids is 1. The normalized spacial score (nSPS) is 25.6. The summed E-state index contributed by atoms with van der Waals surface area (Å²) in [4.78, 5) is 11.9. The smallest absolute Gasteiger partial charge is 0.252 e. The lowest BCUT2D eigenvalue weighted by Gasteiger charge is -2.37. The molecule has 3 aliphatic heterocycles. The van der Waals surface area contributed by atoms with Gasteiger partial charge in [-0.15, -0.1) is 0 Å². The molecule has 3 heterocycles. The fourth-order valence-electron chi connectivity index (χ4n) is 4.77. The van der Waals surface area contributed by atoms with Crippen LogP contribution in [-0.2, 0) is 13.0 Å². The number of piperidine rings is 1. The number of ether oxygens (including phenoxy) is 2. The van der Waals surface area contributed by atoms with E-state index in [9.17, 15) is 4.79 Å². The molecule has 2 N–H and O–H groups in total. The Morgan fingerprint density at radius 2 is 2.11 bits per heavy atom. The third-order valence-electron chi connectivity index (χ3n) is 6.43. The molecule has 1 saturated heterocycles. The summed E-state index contributed by atoms with van der Waals surface area (Å²) < 4.78 is 11.9. The molecule has 0 bridgehead atoms. The molecule has 0 saturated carbocycles. The first-order valence-corrected chi connectivity index (χ1v) is 10.2. The van der Waals surface area contributed by atoms with Gasteiger partial charge in [-0.25, -0.2) is 0 Å². The molecule has 1 fully saturated rings. The number of fused-ring (bicyclic) bond motifs is 2. The van der Waals surface area contributed by atoms with E-state index < -0.39 is 0 Å². The van der Waals surface area contributed by atoms with Crippen molar-refractivity contribution in [2.24, 2.45) is 5.92 Å². The van der Waals surface area contributed by atoms with Crippen molar-refractivity contribution in [3.8, 4) is 11.5 Å². The number of hydrogen-bond acceptors (Lipinski definition) is 4. The van der Waals surface area contributed by atoms with Gasteiger partial charge in [0.25, 0.3) is 5.91 Å². The van der Waals surface area contributed by atoms with Gasteiger partial charge in [0.15, 0.2) is 0 Å². The fourth-order valence-corrected chi connectivity index (χ4v) is 4.77. The molecule has 2 aromatic carbocycles. The molecular weight excluding hydrogens is 352 g/mol. The van der Waals surface area contributed by atoms with Gasteiger partial charge in [-0.05, 0) is 60.7 Å². The van der Waals surface area contributed by atoms with E-state index in [0.29, 0.717) is 31.0 Å². The van der Waals surface area contributed by atoms with Gasteiger partial charge in [-0.3, -0.25) is 4.79 Å². The molecule has 0 spiro atoms. The number of rotatable bonds is 4. The first-order chi connectivity index (χ1) is 13.7. The summed E-state index contributed by atoms with van der Waals surface area (Å²) in [6, 6.07) is 12.9. The van der Waals surface area contributed by atoms with Crippen molar-refractivity contribution in [2.45, 2.75) is 38.3 Å². The predicted octanol–water partition coefficient (Wildman–Crippen LogP) is 3.03. The van der Waals surface area contributed by atoms with Gasteiger partial charge in [0.1, 0.15) is 11.5 Å². The molecule has 0 radical (unpaired) electrons. The Kier molecular flexibility index (Phi) is 4.47. The van der Waals surface area contributed by atoms with Crippen LogP contribution in [0.5, 0.6) is 11.5 Å². The molecule has 28 heavy (non-hydrogen) atoms. The highest BCUT2D eigenvalue weighted by atomic mass is 16.5. The second kappa shape index (κ2) is 7.13. The molecule has 5 heteroatoms. The van der Waals surface area contributed by atoms with Crippen LogP contribution in [0.2, 0.25) is 0 Å². The zero-order valence-corrected chi connectivity index (χ0v) is 16.2. The molecule has 0 aliphatic carbocycles. The Balaban J connectivity index is 1.35. The summed E-state index contributed by atoms with van der Waals surface area (Å²) >= 11 is 0. The maximum Gasteiger partial charge on any atom is 0.252 e. The standard InChI is InChI=1S/C23H26N2O3/c1-14-21(13-28-18-4-2-17-12-25-23(26)20(17)11-18)19(6-8-24-14)15-3-5-22-16(10-15)7-9-27-22/h2-5,10-11,14,19,21,24H,6-9,12-13H2,1H3,(H,25,26)/t14-,19+,21?/m1/s1. The molecule has 5 rings (SSSR count). The van der Waals surface area contributed by atoms with Crippen LogP contribution >= 0.6 is 0 Å². The first-order valence-electron chi connectivity index (χ1n) is 10.2. The maximum atomic E-state index is 11.9. The minimum atomic E-state index is -0.00797. The minimum absolute atomic E-state index is 0.00797. The summed E-state index contributed by atoms with van der Waals surface area (Å²) in [5.74, 6) is 2.63. The van der Waals surface area contributed by atoms with Gasteiger partial charge < -0.3 is 20.1 Å². The lowest BCUT2D eigenvalue weighted by molar-refractivity contribution is 0.0965. The maximum absolute atomic E-state index is 11.9. The average molecular weight is 378 g/mol. The fraction of sp³-hybridized carbons (Fsp3) is 0.435. The van der Waals surface area contributed by atoms with E-state index in [1.54, 1.807) is 0 Å². The van der Waals surface area contributed by atoms with E-state index in [1.165, 1.54) is 11.1 Å². The van der Waals surface area contributed by atoms with Crippen LogP contribution in [0.25, 0.3) is 0 Å². The zero-order valence-electron chi connectivity index (χ0n) is 16.2. The van der Waals surface area contributed by atoms with E-state index in [0.717, 1.165) is 48.6 Å². The van der Waals surface area contributed by atoms with E-state index in [2.05, 4.69) is 35.8 Å². The van der Waals surface area contributed by atoms with Gasteiger partial charge in [0.05, 0.1) is 13.2 Å². The number of carbonyl (C=O) groups is 1. The van der Waals surface area contributed by atoms with Crippen LogP contribution < -0.4 is 20.1 Å². The third kappa shape index (κ3) is 3.14. The Morgan fingerprint density at radius 3 is 3.04 bits per heavy atom. The first kappa shape index (κ1) is 17.6. The predicted molar refractivity (Wildman–Crippen MR) is 107 cm³/mol. The Labute approximate surface area is 165 Å². The second-order valence-electron chi connectivity index (χ2n) is 8.08. The van der Waals surface area contributed by atoms with E-state index in [4.69, 9.17) is 9.47 Å². The molecular formula is C23H26N2O3. The molecule has 2 aromatic rings. The molecule has 3 atom stereocenters. The molecule has 1 amide bonds. The van der Waals surface area contributed by atoms with E-state index >= 15 is 0 Å². The van der Waals surface area contributed by atoms with Gasteiger partial charge >= 0.3 is 0 Å². The molecule has 146 valence electrons. The van der Waals surface area contributed by atoms with Crippen molar-refractivity contribution in [1.29, 1.82) is 0 Å². The number of hydrogen-bond donors (Lipinski definition) is 2. The summed E-state index contributed by atoms with van der Waals surface area (Å²) in [6.45, 7) is 5.30. The van der Waals surface area contributed by atoms with Crippen LogP contribution in [0.4, 0.5) is 0 Å². The summed E-state index contributed by atoms with van der Waals surface area (Å²) in [5, 5.41) is 6.46. The van der Waals surface area contributed by atoms with Crippen LogP contribution in [-0.4, -0.2) is 31.7 Å². The van der Waals surface area contributed by atoms with E-state index in [-0.39, 0.29) is 5.91 Å². The largest absolute Gasteiger partial charge is 0.493 e. The third-order valence-corrected chi connectivity index (χ3v) is 6.43. The van der Waals surface area contributed by atoms with Crippen LogP contribution in [0.1, 0.15) is 46.3 Å². The van der Waals surface area contributed by atoms with Crippen LogP contribution in [0, 0.1) is 5.92 Å². The average Bonchev–Trinajstić information content (AvgIpc) is 3.33. The summed E-state index contributed by atoms with van der Waals surface area (Å²) in [6.07, 6.45) is 2.10. The number of amides is 1. The summed E-state index contributed by atoms with van der Waals surface area (Å²) in [5.41, 5.74) is 4.50. The quantitative estimate of drug-likeness (QED) is 0.859. The van der Waals surface area contributed by atoms with Crippen molar-refractivity contribution >= 4 is 5.91 Å².